The lowest BCUT2D eigenvalue weighted by molar-refractivity contribution is 0.0926. The van der Waals surface area contributed by atoms with E-state index in [0.717, 1.165) is 30.9 Å². The van der Waals surface area contributed by atoms with Gasteiger partial charge in [0.2, 0.25) is 0 Å². The summed E-state index contributed by atoms with van der Waals surface area (Å²) in [6.07, 6.45) is 2.47. The molecular weight excluding hydrogens is 301 g/mol. The molecule has 22 heavy (non-hydrogen) atoms. The third-order valence-electron chi connectivity index (χ3n) is 3.72. The molecule has 1 aliphatic heterocycles. The van der Waals surface area contributed by atoms with Gasteiger partial charge in [-0.1, -0.05) is 18.2 Å². The van der Waals surface area contributed by atoms with Crippen LogP contribution in [0.25, 0.3) is 0 Å². The molecule has 0 saturated carbocycles. The smallest absolute Gasteiger partial charge is 0.271 e. The van der Waals surface area contributed by atoms with Gasteiger partial charge in [0.15, 0.2) is 0 Å². The van der Waals surface area contributed by atoms with E-state index in [0.29, 0.717) is 17.7 Å². The molecule has 1 unspecified atom stereocenters. The summed E-state index contributed by atoms with van der Waals surface area (Å²) in [5.41, 5.74) is 1.02. The first-order chi connectivity index (χ1) is 10.7. The number of hydrogen-bond acceptors (Lipinski definition) is 4. The van der Waals surface area contributed by atoms with Gasteiger partial charge in [-0.15, -0.1) is 11.3 Å². The lowest BCUT2D eigenvalue weighted by Crippen LogP contribution is -2.45. The van der Waals surface area contributed by atoms with E-state index in [-0.39, 0.29) is 17.8 Å². The Labute approximate surface area is 132 Å². The highest BCUT2D eigenvalue weighted by Crippen LogP contribution is 2.17. The summed E-state index contributed by atoms with van der Waals surface area (Å²) in [6.45, 7) is 1.81. The van der Waals surface area contributed by atoms with Gasteiger partial charge in [-0.25, -0.2) is 9.37 Å². The molecule has 0 bridgehead atoms. The first-order valence-corrected chi connectivity index (χ1v) is 8.30. The van der Waals surface area contributed by atoms with Crippen molar-refractivity contribution >= 4 is 17.2 Å². The molecule has 1 aliphatic rings. The first-order valence-electron chi connectivity index (χ1n) is 7.42. The fourth-order valence-electron chi connectivity index (χ4n) is 2.54. The summed E-state index contributed by atoms with van der Waals surface area (Å²) in [5, 5.41) is 8.74. The summed E-state index contributed by atoms with van der Waals surface area (Å²) in [4.78, 5) is 16.5. The van der Waals surface area contributed by atoms with E-state index in [1.54, 1.807) is 23.6 Å². The van der Waals surface area contributed by atoms with Crippen molar-refractivity contribution in [1.29, 1.82) is 0 Å². The quantitative estimate of drug-likeness (QED) is 0.909. The number of benzene rings is 1. The Kier molecular flexibility index (Phi) is 4.80. The van der Waals surface area contributed by atoms with Crippen LogP contribution >= 0.6 is 11.3 Å². The molecule has 1 fully saturated rings. The van der Waals surface area contributed by atoms with Crippen LogP contribution in [0.5, 0.6) is 0 Å². The normalized spacial score (nSPS) is 18.1. The molecule has 0 spiro atoms. The maximum absolute atomic E-state index is 13.6. The van der Waals surface area contributed by atoms with E-state index in [4.69, 9.17) is 0 Å². The highest BCUT2D eigenvalue weighted by atomic mass is 32.1. The van der Waals surface area contributed by atoms with Crippen LogP contribution in [0.15, 0.2) is 29.6 Å². The Hall–Kier alpha value is -1.79. The molecule has 2 aromatic rings. The zero-order valence-corrected chi connectivity index (χ0v) is 13.0. The van der Waals surface area contributed by atoms with E-state index >= 15 is 0 Å². The Bertz CT molecular complexity index is 652. The zero-order valence-electron chi connectivity index (χ0n) is 12.1. The predicted octanol–water partition coefficient (Wildman–Crippen LogP) is 2.35. The Balaban J connectivity index is 1.63. The van der Waals surface area contributed by atoms with Crippen LogP contribution in [0.4, 0.5) is 4.39 Å². The largest absolute Gasteiger partial charge is 0.347 e. The second-order valence-electron chi connectivity index (χ2n) is 5.41. The van der Waals surface area contributed by atoms with Gasteiger partial charge >= 0.3 is 0 Å². The number of amides is 1. The van der Waals surface area contributed by atoms with E-state index in [9.17, 15) is 9.18 Å². The van der Waals surface area contributed by atoms with Crippen LogP contribution in [0.1, 0.15) is 33.9 Å². The van der Waals surface area contributed by atoms with Crippen LogP contribution in [0.3, 0.4) is 0 Å². The van der Waals surface area contributed by atoms with Crippen LogP contribution in [-0.2, 0) is 6.42 Å². The van der Waals surface area contributed by atoms with Crippen molar-refractivity contribution in [3.8, 4) is 0 Å². The molecule has 2 heterocycles. The summed E-state index contributed by atoms with van der Waals surface area (Å²) >= 11 is 1.39. The molecule has 116 valence electrons. The average Bonchev–Trinajstić information content (AvgIpc) is 2.99. The molecule has 1 amide bonds. The van der Waals surface area contributed by atoms with Crippen molar-refractivity contribution in [3.05, 3.63) is 51.7 Å². The number of piperidine rings is 1. The van der Waals surface area contributed by atoms with Crippen molar-refractivity contribution in [2.24, 2.45) is 0 Å². The summed E-state index contributed by atoms with van der Waals surface area (Å²) in [6, 6.07) is 6.81. The number of halogens is 1. The molecule has 1 aromatic carbocycles. The van der Waals surface area contributed by atoms with Gasteiger partial charge in [-0.3, -0.25) is 4.79 Å². The van der Waals surface area contributed by atoms with Gasteiger partial charge < -0.3 is 10.6 Å². The molecule has 0 aliphatic carbocycles. The first kappa shape index (κ1) is 15.1. The number of thiazole rings is 1. The highest BCUT2D eigenvalue weighted by Gasteiger charge is 2.18. The monoisotopic (exact) mass is 319 g/mol. The third-order valence-corrected chi connectivity index (χ3v) is 4.56. The molecular formula is C16H18FN3OS. The van der Waals surface area contributed by atoms with Gasteiger partial charge in [0, 0.05) is 24.4 Å². The number of carbonyl (C=O) groups is 1. The SMILES string of the molecule is O=C(NC1CCCNC1)c1csc(Cc2ccccc2F)n1. The molecule has 1 aromatic heterocycles. The molecule has 2 N–H and O–H groups in total. The number of nitrogens with zero attached hydrogens (tertiary/aromatic N) is 1. The van der Waals surface area contributed by atoms with Gasteiger partial charge in [0.25, 0.3) is 5.91 Å². The molecule has 0 radical (unpaired) electrons. The molecule has 1 saturated heterocycles. The zero-order chi connectivity index (χ0) is 15.4. The minimum Gasteiger partial charge on any atom is -0.347 e. The number of carbonyl (C=O) groups excluding carboxylic acids is 1. The van der Waals surface area contributed by atoms with Crippen LogP contribution in [0.2, 0.25) is 0 Å². The van der Waals surface area contributed by atoms with Crippen molar-refractivity contribution in [1.82, 2.24) is 15.6 Å². The van der Waals surface area contributed by atoms with Crippen LogP contribution in [0, 0.1) is 5.82 Å². The number of rotatable bonds is 4. The van der Waals surface area contributed by atoms with E-state index in [2.05, 4.69) is 15.6 Å². The van der Waals surface area contributed by atoms with E-state index < -0.39 is 0 Å². The van der Waals surface area contributed by atoms with E-state index in [1.807, 2.05) is 0 Å². The fraction of sp³-hybridized carbons (Fsp3) is 0.375. The van der Waals surface area contributed by atoms with Gasteiger partial charge in [-0.2, -0.15) is 0 Å². The molecule has 4 nitrogen and oxygen atoms in total. The minimum atomic E-state index is -0.239. The minimum absolute atomic E-state index is 0.148. The number of aromatic nitrogens is 1. The predicted molar refractivity (Wildman–Crippen MR) is 84.7 cm³/mol. The van der Waals surface area contributed by atoms with Gasteiger partial charge in [0.1, 0.15) is 11.5 Å². The second-order valence-corrected chi connectivity index (χ2v) is 6.35. The molecule has 3 rings (SSSR count). The maximum Gasteiger partial charge on any atom is 0.271 e. The van der Waals surface area contributed by atoms with E-state index in [1.165, 1.54) is 17.4 Å². The lowest BCUT2D eigenvalue weighted by Gasteiger charge is -2.23. The van der Waals surface area contributed by atoms with Crippen LogP contribution < -0.4 is 10.6 Å². The van der Waals surface area contributed by atoms with Crippen molar-refractivity contribution in [3.63, 3.8) is 0 Å². The van der Waals surface area contributed by atoms with Crippen LogP contribution in [-0.4, -0.2) is 30.0 Å². The second kappa shape index (κ2) is 6.98. The van der Waals surface area contributed by atoms with Crippen molar-refractivity contribution in [2.75, 3.05) is 13.1 Å². The van der Waals surface area contributed by atoms with Gasteiger partial charge in [0.05, 0.1) is 5.01 Å². The topological polar surface area (TPSA) is 54.0 Å². The summed E-state index contributed by atoms with van der Waals surface area (Å²) in [7, 11) is 0. The summed E-state index contributed by atoms with van der Waals surface area (Å²) in [5.74, 6) is -0.387. The number of nitrogens with one attached hydrogen (secondary N) is 2. The Morgan fingerprint density at radius 3 is 3.09 bits per heavy atom. The molecule has 1 atom stereocenters. The number of hydrogen-bond donors (Lipinski definition) is 2. The standard InChI is InChI=1S/C16H18FN3OS/c17-13-6-2-1-4-11(13)8-15-20-14(10-22-15)16(21)19-12-5-3-7-18-9-12/h1-2,4,6,10,12,18H,3,5,7-9H2,(H,19,21). The lowest BCUT2D eigenvalue weighted by atomic mass is 10.1. The maximum atomic E-state index is 13.6. The summed E-state index contributed by atoms with van der Waals surface area (Å²) < 4.78 is 13.6. The fourth-order valence-corrected chi connectivity index (χ4v) is 3.33. The Morgan fingerprint density at radius 2 is 2.32 bits per heavy atom. The van der Waals surface area contributed by atoms with Crippen molar-refractivity contribution < 1.29 is 9.18 Å². The average molecular weight is 319 g/mol. The van der Waals surface area contributed by atoms with Gasteiger partial charge in [-0.05, 0) is 31.0 Å². The third kappa shape index (κ3) is 3.69. The Morgan fingerprint density at radius 1 is 1.45 bits per heavy atom. The highest BCUT2D eigenvalue weighted by molar-refractivity contribution is 7.09. The van der Waals surface area contributed by atoms with Crippen molar-refractivity contribution in [2.45, 2.75) is 25.3 Å². The molecule has 6 heteroatoms.